The van der Waals surface area contributed by atoms with E-state index < -0.39 is 20.5 Å². The van der Waals surface area contributed by atoms with Crippen LogP contribution in [-0.4, -0.2) is 37.5 Å². The van der Waals surface area contributed by atoms with Gasteiger partial charge in [0.05, 0.1) is 14.9 Å². The van der Waals surface area contributed by atoms with E-state index in [4.69, 9.17) is 33.1 Å². The minimum atomic E-state index is -4.04. The number of hydroxylamine groups is 1. The number of carbonyl (C=O) groups is 1. The Morgan fingerprint density at radius 3 is 2.21 bits per heavy atom. The summed E-state index contributed by atoms with van der Waals surface area (Å²) in [5.74, 6) is -0.940. The number of sulfone groups is 1. The van der Waals surface area contributed by atoms with Gasteiger partial charge in [-0.25, -0.2) is 13.9 Å². The van der Waals surface area contributed by atoms with Crippen molar-refractivity contribution in [3.63, 3.8) is 0 Å². The second-order valence-electron chi connectivity index (χ2n) is 6.20. The molecule has 2 N–H and O–H groups in total. The Morgan fingerprint density at radius 1 is 1.04 bits per heavy atom. The molecule has 3 rings (SSSR count). The molecule has 0 bridgehead atoms. The third kappa shape index (κ3) is 4.03. The second kappa shape index (κ2) is 8.61. The van der Waals surface area contributed by atoms with Crippen LogP contribution < -0.4 is 5.48 Å². The predicted octanol–water partition coefficient (Wildman–Crippen LogP) is 3.97. The molecule has 2 aromatic carbocycles. The van der Waals surface area contributed by atoms with E-state index >= 15 is 0 Å². The molecule has 1 saturated heterocycles. The van der Waals surface area contributed by atoms with E-state index in [0.29, 0.717) is 10.0 Å². The highest BCUT2D eigenvalue weighted by Gasteiger charge is 2.52. The largest absolute Gasteiger partial charge is 0.381 e. The molecule has 0 aliphatic carbocycles. The van der Waals surface area contributed by atoms with Crippen molar-refractivity contribution >= 4 is 50.7 Å². The number of halogens is 2. The molecule has 0 spiro atoms. The smallest absolute Gasteiger partial charge is 0.265 e. The Bertz CT molecular complexity index is 974. The lowest BCUT2D eigenvalue weighted by Crippen LogP contribution is -2.54. The summed E-state index contributed by atoms with van der Waals surface area (Å²) < 4.78 is 29.8. The molecule has 2 aromatic rings. The first-order valence-corrected chi connectivity index (χ1v) is 11.4. The van der Waals surface area contributed by atoms with Crippen LogP contribution in [0.1, 0.15) is 12.8 Å². The van der Waals surface area contributed by atoms with E-state index in [9.17, 15) is 13.2 Å². The summed E-state index contributed by atoms with van der Waals surface area (Å²) in [6.07, 6.45) is -0.0526. The Morgan fingerprint density at radius 2 is 1.64 bits per heavy atom. The fraction of sp³-hybridized carbons (Fsp3) is 0.278. The number of hydrogen-bond donors (Lipinski definition) is 2. The van der Waals surface area contributed by atoms with Crippen LogP contribution in [0.3, 0.4) is 0 Å². The van der Waals surface area contributed by atoms with Gasteiger partial charge in [-0.15, -0.1) is 0 Å². The molecule has 0 unspecified atom stereocenters. The van der Waals surface area contributed by atoms with Gasteiger partial charge >= 0.3 is 0 Å². The predicted molar refractivity (Wildman–Crippen MR) is 107 cm³/mol. The van der Waals surface area contributed by atoms with E-state index in [-0.39, 0.29) is 31.0 Å². The molecule has 10 heteroatoms. The van der Waals surface area contributed by atoms with Gasteiger partial charge in [0.15, 0.2) is 14.6 Å². The fourth-order valence-corrected chi connectivity index (χ4v) is 6.17. The van der Waals surface area contributed by atoms with Crippen molar-refractivity contribution in [2.24, 2.45) is 0 Å². The van der Waals surface area contributed by atoms with Crippen molar-refractivity contribution in [3.8, 4) is 0 Å². The number of carbonyl (C=O) groups excluding carboxylic acids is 1. The number of amides is 1. The molecule has 0 saturated carbocycles. The molecular formula is C18H17Cl2NO5S2. The van der Waals surface area contributed by atoms with Gasteiger partial charge in [-0.3, -0.25) is 10.0 Å². The summed E-state index contributed by atoms with van der Waals surface area (Å²) in [5.41, 5.74) is 1.50. The summed E-state index contributed by atoms with van der Waals surface area (Å²) >= 11 is 13.3. The quantitative estimate of drug-likeness (QED) is 0.516. The van der Waals surface area contributed by atoms with Crippen molar-refractivity contribution in [3.05, 3.63) is 52.5 Å². The number of hydrogen-bond acceptors (Lipinski definition) is 6. The molecule has 0 atom stereocenters. The normalized spacial score (nSPS) is 16.5. The molecule has 1 aliphatic heterocycles. The zero-order chi connectivity index (χ0) is 20.4. The maximum Gasteiger partial charge on any atom is 0.265 e. The Labute approximate surface area is 177 Å². The summed E-state index contributed by atoms with van der Waals surface area (Å²) in [6, 6.07) is 11.4. The maximum absolute atomic E-state index is 13.2. The lowest BCUT2D eigenvalue weighted by molar-refractivity contribution is -0.134. The van der Waals surface area contributed by atoms with Gasteiger partial charge in [0.1, 0.15) is 0 Å². The van der Waals surface area contributed by atoms with E-state index in [1.165, 1.54) is 29.4 Å². The number of benzene rings is 2. The van der Waals surface area contributed by atoms with E-state index in [1.807, 2.05) is 6.07 Å². The van der Waals surface area contributed by atoms with Crippen molar-refractivity contribution in [2.75, 3.05) is 13.2 Å². The molecule has 28 heavy (non-hydrogen) atoms. The molecule has 150 valence electrons. The zero-order valence-electron chi connectivity index (χ0n) is 14.5. The average molecular weight is 462 g/mol. The summed E-state index contributed by atoms with van der Waals surface area (Å²) in [6.45, 7) is 0.246. The number of rotatable bonds is 5. The molecule has 0 radical (unpaired) electrons. The summed E-state index contributed by atoms with van der Waals surface area (Å²) in [7, 11) is -4.04. The molecule has 1 fully saturated rings. The molecule has 6 nitrogen and oxygen atoms in total. The number of ether oxygens (including phenoxy) is 1. The second-order valence-corrected chi connectivity index (χ2v) is 10.4. The standard InChI is InChI=1S/C18H17Cl2NO5S2/c19-15-6-3-13(11-16(15)20)27-12-1-4-14(5-2-12)28(24,25)18(17(22)21-23)7-9-26-10-8-18/h1-6,11,23H,7-10H2,(H,21,22). The van der Waals surface area contributed by atoms with Crippen molar-refractivity contribution in [1.29, 1.82) is 0 Å². The lowest BCUT2D eigenvalue weighted by atomic mass is 9.98. The van der Waals surface area contributed by atoms with Crippen LogP contribution >= 0.6 is 35.0 Å². The van der Waals surface area contributed by atoms with Gasteiger partial charge < -0.3 is 4.74 Å². The van der Waals surface area contributed by atoms with Gasteiger partial charge in [-0.2, -0.15) is 0 Å². The van der Waals surface area contributed by atoms with Gasteiger partial charge in [0.2, 0.25) is 0 Å². The van der Waals surface area contributed by atoms with Crippen LogP contribution in [-0.2, 0) is 19.4 Å². The van der Waals surface area contributed by atoms with E-state index in [1.54, 1.807) is 24.3 Å². The van der Waals surface area contributed by atoms with E-state index in [2.05, 4.69) is 0 Å². The van der Waals surface area contributed by atoms with Crippen LogP contribution in [0.4, 0.5) is 0 Å². The van der Waals surface area contributed by atoms with Crippen molar-refractivity contribution in [2.45, 2.75) is 32.3 Å². The fourth-order valence-electron chi connectivity index (χ4n) is 3.01. The number of nitrogens with one attached hydrogen (secondary N) is 1. The highest BCUT2D eigenvalue weighted by Crippen LogP contribution is 2.37. The van der Waals surface area contributed by atoms with Crippen LogP contribution in [0.5, 0.6) is 0 Å². The maximum atomic E-state index is 13.2. The Balaban J connectivity index is 1.88. The zero-order valence-corrected chi connectivity index (χ0v) is 17.7. The minimum Gasteiger partial charge on any atom is -0.381 e. The Hall–Kier alpha value is -1.29. The molecule has 0 aromatic heterocycles. The summed E-state index contributed by atoms with van der Waals surface area (Å²) in [5, 5.41) is 9.97. The highest BCUT2D eigenvalue weighted by molar-refractivity contribution is 7.99. The van der Waals surface area contributed by atoms with Crippen molar-refractivity contribution in [1.82, 2.24) is 5.48 Å². The first kappa shape index (κ1) is 21.4. The van der Waals surface area contributed by atoms with Crippen LogP contribution in [0.2, 0.25) is 10.0 Å². The van der Waals surface area contributed by atoms with Crippen molar-refractivity contribution < 1.29 is 23.2 Å². The van der Waals surface area contributed by atoms with E-state index in [0.717, 1.165) is 9.79 Å². The highest BCUT2D eigenvalue weighted by atomic mass is 35.5. The first-order chi connectivity index (χ1) is 13.3. The van der Waals surface area contributed by atoms with Gasteiger partial charge in [-0.1, -0.05) is 35.0 Å². The van der Waals surface area contributed by atoms with Crippen LogP contribution in [0.25, 0.3) is 0 Å². The van der Waals surface area contributed by atoms with Crippen LogP contribution in [0.15, 0.2) is 57.2 Å². The third-order valence-electron chi connectivity index (χ3n) is 4.59. The lowest BCUT2D eigenvalue weighted by Gasteiger charge is -2.34. The topological polar surface area (TPSA) is 92.7 Å². The first-order valence-electron chi connectivity index (χ1n) is 8.30. The van der Waals surface area contributed by atoms with Gasteiger partial charge in [-0.05, 0) is 55.3 Å². The molecule has 1 aliphatic rings. The van der Waals surface area contributed by atoms with Crippen LogP contribution in [0, 0.1) is 0 Å². The average Bonchev–Trinajstić information content (AvgIpc) is 2.71. The summed E-state index contributed by atoms with van der Waals surface area (Å²) in [4.78, 5) is 13.9. The van der Waals surface area contributed by atoms with Gasteiger partial charge in [0, 0.05) is 23.0 Å². The molecular weight excluding hydrogens is 445 g/mol. The molecule has 1 amide bonds. The van der Waals surface area contributed by atoms with Gasteiger partial charge in [0.25, 0.3) is 5.91 Å². The SMILES string of the molecule is O=C(NO)C1(S(=O)(=O)c2ccc(Sc3ccc(Cl)c(Cl)c3)cc2)CCOCC1. The Kier molecular flexibility index (Phi) is 6.58. The molecule has 1 heterocycles. The minimum absolute atomic E-state index is 0.0106. The third-order valence-corrected chi connectivity index (χ3v) is 8.84. The monoisotopic (exact) mass is 461 g/mol.